The van der Waals surface area contributed by atoms with E-state index >= 15 is 0 Å². The Kier molecular flexibility index (Phi) is 4.40. The first kappa shape index (κ1) is 11.9. The van der Waals surface area contributed by atoms with Gasteiger partial charge in [0, 0.05) is 32.4 Å². The van der Waals surface area contributed by atoms with Gasteiger partial charge >= 0.3 is 0 Å². The first-order valence-electron chi connectivity index (χ1n) is 5.70. The van der Waals surface area contributed by atoms with E-state index in [9.17, 15) is 4.79 Å². The fourth-order valence-electron chi connectivity index (χ4n) is 1.67. The van der Waals surface area contributed by atoms with Crippen molar-refractivity contribution in [2.45, 2.75) is 0 Å². The molecule has 17 heavy (non-hydrogen) atoms. The molecule has 92 valence electrons. The first-order chi connectivity index (χ1) is 8.36. The summed E-state index contributed by atoms with van der Waals surface area (Å²) in [7, 11) is 0. The van der Waals surface area contributed by atoms with Crippen LogP contribution in [-0.2, 0) is 4.74 Å². The lowest BCUT2D eigenvalue weighted by Gasteiger charge is -2.26. The Balaban J connectivity index is 1.69. The van der Waals surface area contributed by atoms with Crippen molar-refractivity contribution in [1.29, 1.82) is 0 Å². The van der Waals surface area contributed by atoms with Crippen molar-refractivity contribution < 1.29 is 9.53 Å². The molecule has 6 heteroatoms. The molecule has 1 fully saturated rings. The van der Waals surface area contributed by atoms with Gasteiger partial charge < -0.3 is 10.1 Å². The fourth-order valence-corrected chi connectivity index (χ4v) is 1.67. The average Bonchev–Trinajstić information content (AvgIpc) is 2.41. The quantitative estimate of drug-likeness (QED) is 0.766. The van der Waals surface area contributed by atoms with Gasteiger partial charge in [0.05, 0.1) is 13.2 Å². The monoisotopic (exact) mass is 236 g/mol. The predicted octanol–water partition coefficient (Wildman–Crippen LogP) is -0.461. The molecule has 1 amide bonds. The highest BCUT2D eigenvalue weighted by Crippen LogP contribution is 1.95. The SMILES string of the molecule is O=C(NCCN1CCOCC1)c1ccncn1. The van der Waals surface area contributed by atoms with Gasteiger partial charge in [-0.05, 0) is 6.07 Å². The van der Waals surface area contributed by atoms with Gasteiger partial charge in [0.2, 0.25) is 0 Å². The van der Waals surface area contributed by atoms with Gasteiger partial charge in [-0.25, -0.2) is 9.97 Å². The minimum atomic E-state index is -0.152. The van der Waals surface area contributed by atoms with Gasteiger partial charge in [-0.15, -0.1) is 0 Å². The lowest BCUT2D eigenvalue weighted by molar-refractivity contribution is 0.0383. The van der Waals surface area contributed by atoms with Crippen molar-refractivity contribution >= 4 is 5.91 Å². The number of nitrogens with one attached hydrogen (secondary N) is 1. The van der Waals surface area contributed by atoms with Gasteiger partial charge in [0.15, 0.2) is 0 Å². The molecule has 0 atom stereocenters. The van der Waals surface area contributed by atoms with Gasteiger partial charge in [-0.3, -0.25) is 9.69 Å². The molecule has 1 aromatic rings. The third-order valence-corrected chi connectivity index (χ3v) is 2.63. The summed E-state index contributed by atoms with van der Waals surface area (Å²) in [5.41, 5.74) is 0.405. The Hall–Kier alpha value is -1.53. The third-order valence-electron chi connectivity index (χ3n) is 2.63. The van der Waals surface area contributed by atoms with E-state index in [-0.39, 0.29) is 5.91 Å². The zero-order chi connectivity index (χ0) is 11.9. The van der Waals surface area contributed by atoms with Crippen LogP contribution in [0.4, 0.5) is 0 Å². The van der Waals surface area contributed by atoms with E-state index in [1.54, 1.807) is 12.3 Å². The maximum atomic E-state index is 11.6. The minimum absolute atomic E-state index is 0.152. The number of amides is 1. The molecule has 1 aromatic heterocycles. The molecule has 6 nitrogen and oxygen atoms in total. The van der Waals surface area contributed by atoms with Crippen LogP contribution in [0.1, 0.15) is 10.5 Å². The number of aromatic nitrogens is 2. The van der Waals surface area contributed by atoms with Crippen molar-refractivity contribution in [1.82, 2.24) is 20.2 Å². The van der Waals surface area contributed by atoms with Crippen LogP contribution < -0.4 is 5.32 Å². The summed E-state index contributed by atoms with van der Waals surface area (Å²) < 4.78 is 5.25. The van der Waals surface area contributed by atoms with E-state index < -0.39 is 0 Å². The number of nitrogens with zero attached hydrogens (tertiary/aromatic N) is 3. The molecule has 0 spiro atoms. The smallest absolute Gasteiger partial charge is 0.270 e. The summed E-state index contributed by atoms with van der Waals surface area (Å²) >= 11 is 0. The average molecular weight is 236 g/mol. The molecule has 0 unspecified atom stereocenters. The van der Waals surface area contributed by atoms with Crippen LogP contribution in [0.15, 0.2) is 18.6 Å². The summed E-state index contributed by atoms with van der Waals surface area (Å²) in [6.45, 7) is 4.90. The Morgan fingerprint density at radius 2 is 2.29 bits per heavy atom. The van der Waals surface area contributed by atoms with Crippen LogP contribution in [0.25, 0.3) is 0 Å². The van der Waals surface area contributed by atoms with E-state index in [4.69, 9.17) is 4.74 Å². The molecule has 0 saturated carbocycles. The van der Waals surface area contributed by atoms with Gasteiger partial charge in [-0.2, -0.15) is 0 Å². The molecule has 0 aromatic carbocycles. The highest BCUT2D eigenvalue weighted by molar-refractivity contribution is 5.91. The second-order valence-electron chi connectivity index (χ2n) is 3.80. The molecule has 0 bridgehead atoms. The standard InChI is InChI=1S/C11H16N4O2/c16-11(10-1-2-12-9-14-10)13-3-4-15-5-7-17-8-6-15/h1-2,9H,3-8H2,(H,13,16). The zero-order valence-electron chi connectivity index (χ0n) is 9.63. The molecule has 1 N–H and O–H groups in total. The number of carbonyl (C=O) groups excluding carboxylic acids is 1. The van der Waals surface area contributed by atoms with Gasteiger partial charge in [-0.1, -0.05) is 0 Å². The number of carbonyl (C=O) groups is 1. The summed E-state index contributed by atoms with van der Waals surface area (Å²) in [6.07, 6.45) is 2.93. The summed E-state index contributed by atoms with van der Waals surface area (Å²) in [5.74, 6) is -0.152. The van der Waals surface area contributed by atoms with E-state index in [1.807, 2.05) is 0 Å². The number of hydrogen-bond donors (Lipinski definition) is 1. The molecular weight excluding hydrogens is 220 g/mol. The Morgan fingerprint density at radius 3 is 3.00 bits per heavy atom. The van der Waals surface area contributed by atoms with E-state index in [1.165, 1.54) is 6.33 Å². The maximum Gasteiger partial charge on any atom is 0.270 e. The Bertz CT molecular complexity index is 352. The first-order valence-corrected chi connectivity index (χ1v) is 5.70. The lowest BCUT2D eigenvalue weighted by Crippen LogP contribution is -2.41. The van der Waals surface area contributed by atoms with Crippen molar-refractivity contribution in [3.8, 4) is 0 Å². The third kappa shape index (κ3) is 3.76. The number of ether oxygens (including phenoxy) is 1. The normalized spacial score (nSPS) is 16.7. The van der Waals surface area contributed by atoms with E-state index in [0.29, 0.717) is 12.2 Å². The van der Waals surface area contributed by atoms with Gasteiger partial charge in [0.25, 0.3) is 5.91 Å². The highest BCUT2D eigenvalue weighted by atomic mass is 16.5. The Labute approximate surface area is 100 Å². The van der Waals surface area contributed by atoms with Crippen LogP contribution in [0.2, 0.25) is 0 Å². The molecular formula is C11H16N4O2. The molecule has 0 radical (unpaired) electrons. The largest absolute Gasteiger partial charge is 0.379 e. The number of rotatable bonds is 4. The van der Waals surface area contributed by atoms with Gasteiger partial charge in [0.1, 0.15) is 12.0 Å². The molecule has 2 rings (SSSR count). The van der Waals surface area contributed by atoms with Crippen LogP contribution >= 0.6 is 0 Å². The second kappa shape index (κ2) is 6.27. The Morgan fingerprint density at radius 1 is 1.47 bits per heavy atom. The van der Waals surface area contributed by atoms with E-state index in [2.05, 4.69) is 20.2 Å². The van der Waals surface area contributed by atoms with Crippen molar-refractivity contribution in [2.75, 3.05) is 39.4 Å². The fraction of sp³-hybridized carbons (Fsp3) is 0.545. The van der Waals surface area contributed by atoms with Crippen LogP contribution in [0.5, 0.6) is 0 Å². The summed E-state index contributed by atoms with van der Waals surface area (Å²) in [4.78, 5) is 21.6. The van der Waals surface area contributed by atoms with Crippen molar-refractivity contribution in [3.05, 3.63) is 24.3 Å². The predicted molar refractivity (Wildman–Crippen MR) is 61.6 cm³/mol. The van der Waals surface area contributed by atoms with Crippen molar-refractivity contribution in [3.63, 3.8) is 0 Å². The summed E-state index contributed by atoms with van der Waals surface area (Å²) in [6, 6.07) is 1.60. The molecule has 2 heterocycles. The maximum absolute atomic E-state index is 11.6. The van der Waals surface area contributed by atoms with Crippen LogP contribution in [0, 0.1) is 0 Å². The topological polar surface area (TPSA) is 67.4 Å². The lowest BCUT2D eigenvalue weighted by atomic mass is 10.3. The van der Waals surface area contributed by atoms with Crippen LogP contribution in [-0.4, -0.2) is 60.2 Å². The number of morpholine rings is 1. The minimum Gasteiger partial charge on any atom is -0.379 e. The molecule has 1 saturated heterocycles. The van der Waals surface area contributed by atoms with Crippen LogP contribution in [0.3, 0.4) is 0 Å². The second-order valence-corrected chi connectivity index (χ2v) is 3.80. The molecule has 1 aliphatic rings. The molecule has 0 aliphatic carbocycles. The number of hydrogen-bond acceptors (Lipinski definition) is 5. The zero-order valence-corrected chi connectivity index (χ0v) is 9.63. The van der Waals surface area contributed by atoms with Crippen molar-refractivity contribution in [2.24, 2.45) is 0 Å². The molecule has 1 aliphatic heterocycles. The van der Waals surface area contributed by atoms with E-state index in [0.717, 1.165) is 32.8 Å². The summed E-state index contributed by atoms with van der Waals surface area (Å²) in [5, 5.41) is 2.83. The highest BCUT2D eigenvalue weighted by Gasteiger charge is 2.11.